The summed E-state index contributed by atoms with van der Waals surface area (Å²) >= 11 is 7.41. The molecule has 0 amide bonds. The van der Waals surface area contributed by atoms with Crippen LogP contribution in [0.3, 0.4) is 0 Å². The molecule has 0 aliphatic rings. The Balaban J connectivity index is 1.91. The van der Waals surface area contributed by atoms with Crippen LogP contribution in [-0.4, -0.2) is 8.42 Å². The molecule has 0 atom stereocenters. The van der Waals surface area contributed by atoms with Crippen molar-refractivity contribution in [3.05, 3.63) is 82.9 Å². The largest absolute Gasteiger partial charge is 0.278 e. The molecule has 3 aromatic carbocycles. The van der Waals surface area contributed by atoms with Crippen LogP contribution in [0.25, 0.3) is 0 Å². The molecule has 0 fully saturated rings. The van der Waals surface area contributed by atoms with E-state index in [4.69, 9.17) is 11.6 Å². The molecule has 0 radical (unpaired) electrons. The molecular weight excluding hydrogens is 386 g/mol. The van der Waals surface area contributed by atoms with Gasteiger partial charge in [-0.1, -0.05) is 53.2 Å². The molecule has 0 saturated heterocycles. The van der Waals surface area contributed by atoms with Crippen LogP contribution in [0.4, 0.5) is 5.69 Å². The Labute approximate surface area is 163 Å². The summed E-state index contributed by atoms with van der Waals surface area (Å²) in [5, 5.41) is 0.665. The van der Waals surface area contributed by atoms with Crippen LogP contribution < -0.4 is 4.72 Å². The molecule has 3 rings (SSSR count). The number of nitrogens with one attached hydrogen (secondary N) is 1. The van der Waals surface area contributed by atoms with Crippen molar-refractivity contribution >= 4 is 39.1 Å². The van der Waals surface area contributed by atoms with Crippen molar-refractivity contribution in [1.82, 2.24) is 0 Å². The van der Waals surface area contributed by atoms with Crippen molar-refractivity contribution in [3.8, 4) is 0 Å². The van der Waals surface area contributed by atoms with Gasteiger partial charge < -0.3 is 0 Å². The number of hydrogen-bond acceptors (Lipinski definition) is 3. The van der Waals surface area contributed by atoms with E-state index in [1.807, 2.05) is 55.5 Å². The number of hydrogen-bond donors (Lipinski definition) is 1. The van der Waals surface area contributed by atoms with E-state index >= 15 is 0 Å². The van der Waals surface area contributed by atoms with Gasteiger partial charge in [0.1, 0.15) is 0 Å². The second kappa shape index (κ2) is 7.74. The molecule has 0 unspecified atom stereocenters. The van der Waals surface area contributed by atoms with Crippen molar-refractivity contribution in [2.24, 2.45) is 0 Å². The minimum Gasteiger partial charge on any atom is -0.278 e. The van der Waals surface area contributed by atoms with Gasteiger partial charge in [0.15, 0.2) is 0 Å². The molecule has 6 heteroatoms. The molecule has 0 aliphatic heterocycles. The van der Waals surface area contributed by atoms with Crippen LogP contribution in [0.1, 0.15) is 11.1 Å². The van der Waals surface area contributed by atoms with E-state index < -0.39 is 10.0 Å². The van der Waals surface area contributed by atoms with Gasteiger partial charge in [0.2, 0.25) is 0 Å². The maximum absolute atomic E-state index is 12.8. The Kier molecular flexibility index (Phi) is 5.61. The molecule has 0 aromatic heterocycles. The van der Waals surface area contributed by atoms with E-state index in [0.29, 0.717) is 10.7 Å². The molecule has 0 saturated carbocycles. The average Bonchev–Trinajstić information content (AvgIpc) is 2.58. The standard InChI is InChI=1S/C20H18ClNO2S2/c1-14-7-12-20(15(2)13-14)26(23,24)22-18-5-3-4-6-19(18)25-17-10-8-16(21)9-11-17/h3-13,22H,1-2H3. The summed E-state index contributed by atoms with van der Waals surface area (Å²) in [7, 11) is -3.67. The molecule has 26 heavy (non-hydrogen) atoms. The lowest BCUT2D eigenvalue weighted by Crippen LogP contribution is -2.14. The molecule has 0 bridgehead atoms. The Morgan fingerprint density at radius 3 is 2.31 bits per heavy atom. The zero-order valence-corrected chi connectivity index (χ0v) is 16.8. The lowest BCUT2D eigenvalue weighted by molar-refractivity contribution is 0.600. The van der Waals surface area contributed by atoms with E-state index in [-0.39, 0.29) is 4.90 Å². The first-order valence-corrected chi connectivity index (χ1v) is 10.7. The third kappa shape index (κ3) is 4.41. The molecule has 1 N–H and O–H groups in total. The number of sulfonamides is 1. The van der Waals surface area contributed by atoms with Gasteiger partial charge in [-0.15, -0.1) is 0 Å². The second-order valence-electron chi connectivity index (χ2n) is 5.93. The summed E-state index contributed by atoms with van der Waals surface area (Å²) < 4.78 is 28.4. The molecule has 0 heterocycles. The third-order valence-corrected chi connectivity index (χ3v) is 6.65. The van der Waals surface area contributed by atoms with Gasteiger partial charge in [-0.25, -0.2) is 8.42 Å². The van der Waals surface area contributed by atoms with Crippen LogP contribution in [0.2, 0.25) is 5.02 Å². The summed E-state index contributed by atoms with van der Waals surface area (Å²) in [6.07, 6.45) is 0. The summed E-state index contributed by atoms with van der Waals surface area (Å²) in [5.74, 6) is 0. The predicted octanol–water partition coefficient (Wildman–Crippen LogP) is 5.91. The maximum Gasteiger partial charge on any atom is 0.262 e. The quantitative estimate of drug-likeness (QED) is 0.576. The highest BCUT2D eigenvalue weighted by atomic mass is 35.5. The number of aryl methyl sites for hydroxylation is 2. The zero-order valence-electron chi connectivity index (χ0n) is 14.4. The van der Waals surface area contributed by atoms with E-state index in [1.54, 1.807) is 25.1 Å². The van der Waals surface area contributed by atoms with Crippen molar-refractivity contribution in [2.75, 3.05) is 4.72 Å². The zero-order chi connectivity index (χ0) is 18.7. The van der Waals surface area contributed by atoms with Gasteiger partial charge in [-0.3, -0.25) is 4.72 Å². The number of rotatable bonds is 5. The SMILES string of the molecule is Cc1ccc(S(=O)(=O)Nc2ccccc2Sc2ccc(Cl)cc2)c(C)c1. The number of benzene rings is 3. The fourth-order valence-electron chi connectivity index (χ4n) is 2.57. The van der Waals surface area contributed by atoms with Crippen LogP contribution in [0, 0.1) is 13.8 Å². The Hall–Kier alpha value is -1.95. The first kappa shape index (κ1) is 18.8. The fraction of sp³-hybridized carbons (Fsp3) is 0.100. The first-order valence-electron chi connectivity index (χ1n) is 7.98. The van der Waals surface area contributed by atoms with Gasteiger partial charge in [0, 0.05) is 14.8 Å². The molecule has 0 aliphatic carbocycles. The van der Waals surface area contributed by atoms with Gasteiger partial charge >= 0.3 is 0 Å². The van der Waals surface area contributed by atoms with E-state index in [9.17, 15) is 8.42 Å². The van der Waals surface area contributed by atoms with Crippen molar-refractivity contribution in [1.29, 1.82) is 0 Å². The summed E-state index contributed by atoms with van der Waals surface area (Å²) in [5.41, 5.74) is 2.30. The summed E-state index contributed by atoms with van der Waals surface area (Å²) in [6, 6.07) is 20.1. The molecule has 134 valence electrons. The van der Waals surface area contributed by atoms with Crippen molar-refractivity contribution < 1.29 is 8.42 Å². The molecule has 3 nitrogen and oxygen atoms in total. The second-order valence-corrected chi connectivity index (χ2v) is 9.13. The van der Waals surface area contributed by atoms with Gasteiger partial charge in [0.25, 0.3) is 10.0 Å². The predicted molar refractivity (Wildman–Crippen MR) is 109 cm³/mol. The van der Waals surface area contributed by atoms with Crippen LogP contribution in [0.15, 0.2) is 81.4 Å². The normalized spacial score (nSPS) is 11.3. The van der Waals surface area contributed by atoms with Crippen LogP contribution >= 0.6 is 23.4 Å². The first-order chi connectivity index (χ1) is 12.3. The topological polar surface area (TPSA) is 46.2 Å². The summed E-state index contributed by atoms with van der Waals surface area (Å²) in [4.78, 5) is 2.09. The molecule has 0 spiro atoms. The Morgan fingerprint density at radius 2 is 1.62 bits per heavy atom. The highest BCUT2D eigenvalue weighted by Crippen LogP contribution is 2.35. The number of para-hydroxylation sites is 1. The van der Waals surface area contributed by atoms with Crippen LogP contribution in [0.5, 0.6) is 0 Å². The minimum absolute atomic E-state index is 0.286. The molecular formula is C20H18ClNO2S2. The minimum atomic E-state index is -3.67. The van der Waals surface area contributed by atoms with Gasteiger partial charge in [-0.05, 0) is 61.9 Å². The lowest BCUT2D eigenvalue weighted by Gasteiger charge is -2.14. The fourth-order valence-corrected chi connectivity index (χ4v) is 4.97. The highest BCUT2D eigenvalue weighted by molar-refractivity contribution is 7.99. The maximum atomic E-state index is 12.8. The molecule has 3 aromatic rings. The third-order valence-electron chi connectivity index (χ3n) is 3.79. The Morgan fingerprint density at radius 1 is 0.923 bits per heavy atom. The van der Waals surface area contributed by atoms with Gasteiger partial charge in [-0.2, -0.15) is 0 Å². The number of halogens is 1. The van der Waals surface area contributed by atoms with E-state index in [2.05, 4.69) is 4.72 Å². The average molecular weight is 404 g/mol. The van der Waals surface area contributed by atoms with Crippen LogP contribution in [-0.2, 0) is 10.0 Å². The Bertz CT molecular complexity index is 1030. The van der Waals surface area contributed by atoms with E-state index in [0.717, 1.165) is 20.9 Å². The van der Waals surface area contributed by atoms with E-state index in [1.165, 1.54) is 11.8 Å². The van der Waals surface area contributed by atoms with Gasteiger partial charge in [0.05, 0.1) is 10.6 Å². The highest BCUT2D eigenvalue weighted by Gasteiger charge is 2.18. The monoisotopic (exact) mass is 403 g/mol. The smallest absolute Gasteiger partial charge is 0.262 e. The van der Waals surface area contributed by atoms with Crippen molar-refractivity contribution in [3.63, 3.8) is 0 Å². The summed E-state index contributed by atoms with van der Waals surface area (Å²) in [6.45, 7) is 3.74. The number of anilines is 1. The van der Waals surface area contributed by atoms with Crippen molar-refractivity contribution in [2.45, 2.75) is 28.5 Å². The lowest BCUT2D eigenvalue weighted by atomic mass is 10.2.